The van der Waals surface area contributed by atoms with Crippen LogP contribution in [0.1, 0.15) is 23.7 Å². The van der Waals surface area contributed by atoms with Crippen LogP contribution < -0.4 is 16.0 Å². The number of ether oxygens (including phenoxy) is 1. The van der Waals surface area contributed by atoms with Crippen LogP contribution in [-0.4, -0.2) is 37.1 Å². The quantitative estimate of drug-likeness (QED) is 0.592. The zero-order valence-corrected chi connectivity index (χ0v) is 14.4. The summed E-state index contributed by atoms with van der Waals surface area (Å²) in [6, 6.07) is 10.3. The van der Waals surface area contributed by atoms with Gasteiger partial charge in [-0.1, -0.05) is 6.07 Å². The van der Waals surface area contributed by atoms with Crippen LogP contribution in [0, 0.1) is 0 Å². The van der Waals surface area contributed by atoms with Crippen molar-refractivity contribution in [1.82, 2.24) is 4.98 Å². The largest absolute Gasteiger partial charge is 0.466 e. The normalized spacial score (nSPS) is 10.2. The summed E-state index contributed by atoms with van der Waals surface area (Å²) >= 11 is 0. The molecule has 0 fully saturated rings. The van der Waals surface area contributed by atoms with Crippen molar-refractivity contribution in [2.75, 3.05) is 36.1 Å². The van der Waals surface area contributed by atoms with E-state index in [1.165, 1.54) is 4.90 Å². The van der Waals surface area contributed by atoms with E-state index < -0.39 is 0 Å². The Morgan fingerprint density at radius 3 is 2.72 bits per heavy atom. The summed E-state index contributed by atoms with van der Waals surface area (Å²) in [5, 5.41) is 2.98. The Balaban J connectivity index is 2.33. The Bertz CT molecular complexity index is 734. The summed E-state index contributed by atoms with van der Waals surface area (Å²) in [4.78, 5) is 30.5. The monoisotopic (exact) mass is 342 g/mol. The van der Waals surface area contributed by atoms with Crippen molar-refractivity contribution >= 4 is 29.1 Å². The zero-order chi connectivity index (χ0) is 18.2. The molecule has 25 heavy (non-hydrogen) atoms. The van der Waals surface area contributed by atoms with Gasteiger partial charge in [-0.3, -0.25) is 14.5 Å². The Kier molecular flexibility index (Phi) is 6.33. The molecule has 0 radical (unpaired) electrons. The number of amides is 1. The lowest BCUT2D eigenvalue weighted by atomic mass is 10.1. The van der Waals surface area contributed by atoms with Crippen LogP contribution in [0.4, 0.5) is 17.2 Å². The Morgan fingerprint density at radius 2 is 2.08 bits per heavy atom. The third-order valence-electron chi connectivity index (χ3n) is 3.56. The predicted molar refractivity (Wildman–Crippen MR) is 97.6 cm³/mol. The van der Waals surface area contributed by atoms with Crippen molar-refractivity contribution in [3.05, 3.63) is 48.2 Å². The van der Waals surface area contributed by atoms with E-state index in [4.69, 9.17) is 10.5 Å². The molecular formula is C18H22N4O3. The van der Waals surface area contributed by atoms with Gasteiger partial charge >= 0.3 is 5.97 Å². The van der Waals surface area contributed by atoms with Gasteiger partial charge in [0.1, 0.15) is 5.82 Å². The summed E-state index contributed by atoms with van der Waals surface area (Å²) in [7, 11) is 1.73. The maximum atomic E-state index is 13.1. The van der Waals surface area contributed by atoms with Gasteiger partial charge in [-0.2, -0.15) is 0 Å². The molecular weight excluding hydrogens is 320 g/mol. The minimum Gasteiger partial charge on any atom is -0.466 e. The molecule has 0 atom stereocenters. The minimum absolute atomic E-state index is 0.0767. The molecule has 0 aliphatic rings. The summed E-state index contributed by atoms with van der Waals surface area (Å²) in [6.07, 6.45) is 1.67. The molecule has 0 unspecified atom stereocenters. The van der Waals surface area contributed by atoms with E-state index in [-0.39, 0.29) is 24.8 Å². The standard InChI is InChI=1S/C18H22N4O3/c1-3-25-17(23)9-11-22(16-6-4-5-10-21-16)18(24)14-12-13(19)7-8-15(14)20-2/h4-8,10,12,20H,3,9,11,19H2,1-2H3. The van der Waals surface area contributed by atoms with E-state index in [9.17, 15) is 9.59 Å². The van der Waals surface area contributed by atoms with Gasteiger partial charge in [0.15, 0.2) is 0 Å². The van der Waals surface area contributed by atoms with E-state index in [1.807, 2.05) is 0 Å². The Hall–Kier alpha value is -3.09. The first kappa shape index (κ1) is 18.3. The molecule has 1 aromatic carbocycles. The van der Waals surface area contributed by atoms with E-state index in [2.05, 4.69) is 10.3 Å². The summed E-state index contributed by atoms with van der Waals surface area (Å²) in [5.41, 5.74) is 7.38. The van der Waals surface area contributed by atoms with Crippen molar-refractivity contribution in [3.63, 3.8) is 0 Å². The highest BCUT2D eigenvalue weighted by atomic mass is 16.5. The molecule has 0 spiro atoms. The number of hydrogen-bond acceptors (Lipinski definition) is 6. The molecule has 0 saturated heterocycles. The first-order valence-corrected chi connectivity index (χ1v) is 8.02. The number of nitrogens with one attached hydrogen (secondary N) is 1. The summed E-state index contributed by atoms with van der Waals surface area (Å²) < 4.78 is 4.95. The number of carbonyl (C=O) groups is 2. The number of aromatic nitrogens is 1. The number of pyridine rings is 1. The van der Waals surface area contributed by atoms with Crippen LogP contribution in [0.5, 0.6) is 0 Å². The molecule has 7 heteroatoms. The van der Waals surface area contributed by atoms with E-state index in [0.717, 1.165) is 0 Å². The van der Waals surface area contributed by atoms with Crippen LogP contribution in [0.15, 0.2) is 42.6 Å². The van der Waals surface area contributed by atoms with E-state index >= 15 is 0 Å². The number of nitrogen functional groups attached to an aromatic ring is 1. The number of anilines is 3. The van der Waals surface area contributed by atoms with Gasteiger partial charge in [0.05, 0.1) is 18.6 Å². The molecule has 7 nitrogen and oxygen atoms in total. The molecule has 0 bridgehead atoms. The topological polar surface area (TPSA) is 97.5 Å². The fourth-order valence-electron chi connectivity index (χ4n) is 2.37. The number of nitrogens with two attached hydrogens (primary N) is 1. The molecule has 0 aliphatic heterocycles. The minimum atomic E-state index is -0.363. The van der Waals surface area contributed by atoms with Crippen molar-refractivity contribution in [2.24, 2.45) is 0 Å². The fourth-order valence-corrected chi connectivity index (χ4v) is 2.37. The second kappa shape index (κ2) is 8.68. The number of hydrogen-bond donors (Lipinski definition) is 2. The van der Waals surface area contributed by atoms with Gasteiger partial charge in [-0.15, -0.1) is 0 Å². The van der Waals surface area contributed by atoms with Crippen LogP contribution in [-0.2, 0) is 9.53 Å². The van der Waals surface area contributed by atoms with Crippen LogP contribution >= 0.6 is 0 Å². The van der Waals surface area contributed by atoms with E-state index in [0.29, 0.717) is 29.4 Å². The smallest absolute Gasteiger partial charge is 0.307 e. The van der Waals surface area contributed by atoms with Gasteiger partial charge in [0.2, 0.25) is 0 Å². The zero-order valence-electron chi connectivity index (χ0n) is 14.4. The molecule has 132 valence electrons. The molecule has 1 amide bonds. The number of benzene rings is 1. The van der Waals surface area contributed by atoms with Gasteiger partial charge < -0.3 is 15.8 Å². The third-order valence-corrected chi connectivity index (χ3v) is 3.56. The van der Waals surface area contributed by atoms with Crippen molar-refractivity contribution < 1.29 is 14.3 Å². The van der Waals surface area contributed by atoms with Crippen LogP contribution in [0.2, 0.25) is 0 Å². The molecule has 0 saturated carbocycles. The molecule has 1 aromatic heterocycles. The highest BCUT2D eigenvalue weighted by Gasteiger charge is 2.22. The molecule has 2 rings (SSSR count). The maximum absolute atomic E-state index is 13.1. The lowest BCUT2D eigenvalue weighted by Gasteiger charge is -2.23. The van der Waals surface area contributed by atoms with Gasteiger partial charge in [-0.05, 0) is 37.3 Å². The van der Waals surface area contributed by atoms with Gasteiger partial charge in [0, 0.05) is 31.2 Å². The molecule has 0 aliphatic carbocycles. The Labute approximate surface area is 146 Å². The van der Waals surface area contributed by atoms with Gasteiger partial charge in [-0.25, -0.2) is 4.98 Å². The SMILES string of the molecule is CCOC(=O)CCN(C(=O)c1cc(N)ccc1NC)c1ccccn1. The van der Waals surface area contributed by atoms with Crippen molar-refractivity contribution in [3.8, 4) is 0 Å². The van der Waals surface area contributed by atoms with Crippen molar-refractivity contribution in [1.29, 1.82) is 0 Å². The highest BCUT2D eigenvalue weighted by molar-refractivity contribution is 6.09. The summed E-state index contributed by atoms with van der Waals surface area (Å²) in [5.74, 6) is -0.196. The number of nitrogens with zero attached hydrogens (tertiary/aromatic N) is 2. The van der Waals surface area contributed by atoms with Crippen LogP contribution in [0.3, 0.4) is 0 Å². The maximum Gasteiger partial charge on any atom is 0.307 e. The first-order chi connectivity index (χ1) is 12.1. The van der Waals surface area contributed by atoms with E-state index in [1.54, 1.807) is 56.6 Å². The predicted octanol–water partition coefficient (Wildman–Crippen LogP) is 2.31. The average molecular weight is 342 g/mol. The molecule has 1 heterocycles. The second-order valence-electron chi connectivity index (χ2n) is 5.25. The van der Waals surface area contributed by atoms with Crippen molar-refractivity contribution in [2.45, 2.75) is 13.3 Å². The Morgan fingerprint density at radius 1 is 1.28 bits per heavy atom. The third kappa shape index (κ3) is 4.69. The first-order valence-electron chi connectivity index (χ1n) is 8.02. The number of esters is 1. The number of carbonyl (C=O) groups excluding carboxylic acids is 2. The lowest BCUT2D eigenvalue weighted by molar-refractivity contribution is -0.142. The summed E-state index contributed by atoms with van der Waals surface area (Å²) in [6.45, 7) is 2.20. The molecule has 3 N–H and O–H groups in total. The lowest BCUT2D eigenvalue weighted by Crippen LogP contribution is -2.34. The average Bonchev–Trinajstić information content (AvgIpc) is 2.62. The second-order valence-corrected chi connectivity index (χ2v) is 5.25. The van der Waals surface area contributed by atoms with Crippen LogP contribution in [0.25, 0.3) is 0 Å². The van der Waals surface area contributed by atoms with Gasteiger partial charge in [0.25, 0.3) is 5.91 Å². The molecule has 2 aromatic rings. The fraction of sp³-hybridized carbons (Fsp3) is 0.278. The number of rotatable bonds is 7. The highest BCUT2D eigenvalue weighted by Crippen LogP contribution is 2.23.